The Hall–Kier alpha value is -1.61. The first-order valence-corrected chi connectivity index (χ1v) is 7.03. The molecule has 0 saturated heterocycles. The van der Waals surface area contributed by atoms with Gasteiger partial charge >= 0.3 is 0 Å². The zero-order chi connectivity index (χ0) is 13.7. The van der Waals surface area contributed by atoms with E-state index in [1.54, 1.807) is 0 Å². The summed E-state index contributed by atoms with van der Waals surface area (Å²) >= 11 is 0. The number of fused-ring (bicyclic) bond motifs is 1. The molecule has 0 bridgehead atoms. The van der Waals surface area contributed by atoms with Crippen LogP contribution in [0.3, 0.4) is 0 Å². The summed E-state index contributed by atoms with van der Waals surface area (Å²) in [5.74, 6) is 0.688. The van der Waals surface area contributed by atoms with Crippen molar-refractivity contribution in [2.24, 2.45) is 5.92 Å². The number of nitrogens with zero attached hydrogens (tertiary/aromatic N) is 2. The third kappa shape index (κ3) is 3.93. The van der Waals surface area contributed by atoms with Gasteiger partial charge in [-0.15, -0.1) is 0 Å². The molecule has 2 heterocycles. The Balaban J connectivity index is 2.08. The van der Waals surface area contributed by atoms with Crippen LogP contribution >= 0.6 is 0 Å². The zero-order valence-electron chi connectivity index (χ0n) is 12.1. The van der Waals surface area contributed by atoms with Gasteiger partial charge in [0, 0.05) is 18.9 Å². The minimum Gasteiger partial charge on any atom is -0.313 e. The lowest BCUT2D eigenvalue weighted by Crippen LogP contribution is -2.21. The lowest BCUT2D eigenvalue weighted by atomic mass is 10.1. The molecule has 0 aliphatic rings. The van der Waals surface area contributed by atoms with Crippen molar-refractivity contribution in [2.45, 2.75) is 27.2 Å². The van der Waals surface area contributed by atoms with Crippen molar-refractivity contribution in [2.75, 3.05) is 13.1 Å². The minimum absolute atomic E-state index is 0.688. The van der Waals surface area contributed by atoms with E-state index in [-0.39, 0.29) is 0 Å². The van der Waals surface area contributed by atoms with Crippen LogP contribution in [0.15, 0.2) is 36.2 Å². The predicted octanol–water partition coefficient (Wildman–Crippen LogP) is 3.37. The van der Waals surface area contributed by atoms with E-state index in [1.807, 2.05) is 24.4 Å². The van der Waals surface area contributed by atoms with Gasteiger partial charge in [-0.1, -0.05) is 32.4 Å². The number of aromatic nitrogens is 2. The van der Waals surface area contributed by atoms with E-state index in [9.17, 15) is 0 Å². The van der Waals surface area contributed by atoms with Gasteiger partial charge in [0.05, 0.1) is 5.69 Å². The standard InChI is InChI=1S/C16H23N3/c1-4-14(11-17-10-13(2)3)9-15-12-19-8-6-5-7-16(19)18-15/h5-9,12-13,17H,4,10-11H2,1-3H3. The van der Waals surface area contributed by atoms with E-state index >= 15 is 0 Å². The second-order valence-corrected chi connectivity index (χ2v) is 5.31. The monoisotopic (exact) mass is 257 g/mol. The Morgan fingerprint density at radius 2 is 2.26 bits per heavy atom. The fourth-order valence-electron chi connectivity index (χ4n) is 2.03. The van der Waals surface area contributed by atoms with Crippen LogP contribution in [-0.2, 0) is 0 Å². The smallest absolute Gasteiger partial charge is 0.137 e. The van der Waals surface area contributed by atoms with Crippen LogP contribution < -0.4 is 5.32 Å². The van der Waals surface area contributed by atoms with Crippen molar-refractivity contribution < 1.29 is 0 Å². The van der Waals surface area contributed by atoms with E-state index in [2.05, 4.69) is 47.7 Å². The summed E-state index contributed by atoms with van der Waals surface area (Å²) in [5.41, 5.74) is 3.43. The average Bonchev–Trinajstić information content (AvgIpc) is 2.79. The Labute approximate surface area is 115 Å². The number of hydrogen-bond donors (Lipinski definition) is 1. The van der Waals surface area contributed by atoms with Gasteiger partial charge in [-0.25, -0.2) is 4.98 Å². The van der Waals surface area contributed by atoms with Crippen LogP contribution in [0, 0.1) is 5.92 Å². The molecule has 0 saturated carbocycles. The van der Waals surface area contributed by atoms with Gasteiger partial charge in [0.25, 0.3) is 0 Å². The van der Waals surface area contributed by atoms with E-state index in [0.29, 0.717) is 5.92 Å². The fourth-order valence-corrected chi connectivity index (χ4v) is 2.03. The Bertz CT molecular complexity index is 519. The maximum absolute atomic E-state index is 4.60. The first-order chi connectivity index (χ1) is 9.19. The molecule has 0 unspecified atom stereocenters. The van der Waals surface area contributed by atoms with Crippen molar-refractivity contribution in [1.82, 2.24) is 14.7 Å². The first-order valence-electron chi connectivity index (χ1n) is 7.03. The molecule has 0 atom stereocenters. The van der Waals surface area contributed by atoms with Gasteiger partial charge in [-0.2, -0.15) is 0 Å². The molecule has 0 aliphatic carbocycles. The Morgan fingerprint density at radius 3 is 2.95 bits per heavy atom. The highest BCUT2D eigenvalue weighted by Gasteiger charge is 2.01. The Morgan fingerprint density at radius 1 is 1.42 bits per heavy atom. The normalized spacial score (nSPS) is 12.5. The second-order valence-electron chi connectivity index (χ2n) is 5.31. The maximum atomic E-state index is 4.60. The van der Waals surface area contributed by atoms with Crippen molar-refractivity contribution in [3.63, 3.8) is 0 Å². The largest absolute Gasteiger partial charge is 0.313 e. The molecule has 0 radical (unpaired) electrons. The van der Waals surface area contributed by atoms with Gasteiger partial charge < -0.3 is 9.72 Å². The number of pyridine rings is 1. The SMILES string of the molecule is CCC(=Cc1cn2ccccc2n1)CNCC(C)C. The summed E-state index contributed by atoms with van der Waals surface area (Å²) in [7, 11) is 0. The molecular weight excluding hydrogens is 234 g/mol. The van der Waals surface area contributed by atoms with E-state index in [4.69, 9.17) is 0 Å². The van der Waals surface area contributed by atoms with Crippen LogP contribution in [0.2, 0.25) is 0 Å². The highest BCUT2D eigenvalue weighted by Crippen LogP contribution is 2.10. The van der Waals surface area contributed by atoms with Crippen molar-refractivity contribution in [3.8, 4) is 0 Å². The molecule has 102 valence electrons. The molecule has 2 aromatic heterocycles. The minimum atomic E-state index is 0.688. The molecule has 0 spiro atoms. The van der Waals surface area contributed by atoms with Crippen LogP contribution in [0.5, 0.6) is 0 Å². The first kappa shape index (κ1) is 13.8. The van der Waals surface area contributed by atoms with Gasteiger partial charge in [0.2, 0.25) is 0 Å². The van der Waals surface area contributed by atoms with E-state index in [0.717, 1.165) is 30.9 Å². The molecular formula is C16H23N3. The molecule has 19 heavy (non-hydrogen) atoms. The molecule has 1 N–H and O–H groups in total. The lowest BCUT2D eigenvalue weighted by Gasteiger charge is -2.08. The van der Waals surface area contributed by atoms with Crippen molar-refractivity contribution >= 4 is 11.7 Å². The van der Waals surface area contributed by atoms with Gasteiger partial charge in [0.1, 0.15) is 5.65 Å². The van der Waals surface area contributed by atoms with Crippen LogP contribution in [0.4, 0.5) is 0 Å². The van der Waals surface area contributed by atoms with Gasteiger partial charge in [0.15, 0.2) is 0 Å². The molecule has 0 fully saturated rings. The third-order valence-corrected chi connectivity index (χ3v) is 3.09. The molecule has 0 aromatic carbocycles. The predicted molar refractivity (Wildman–Crippen MR) is 81.2 cm³/mol. The molecule has 0 amide bonds. The topological polar surface area (TPSA) is 29.3 Å². The number of imidazole rings is 1. The third-order valence-electron chi connectivity index (χ3n) is 3.09. The van der Waals surface area contributed by atoms with Crippen molar-refractivity contribution in [1.29, 1.82) is 0 Å². The number of rotatable bonds is 6. The fraction of sp³-hybridized carbons (Fsp3) is 0.438. The number of nitrogens with one attached hydrogen (secondary N) is 1. The summed E-state index contributed by atoms with van der Waals surface area (Å²) in [6, 6.07) is 6.06. The molecule has 3 nitrogen and oxygen atoms in total. The summed E-state index contributed by atoms with van der Waals surface area (Å²) in [6.07, 6.45) is 7.36. The highest BCUT2D eigenvalue weighted by molar-refractivity contribution is 5.54. The van der Waals surface area contributed by atoms with Crippen LogP contribution in [-0.4, -0.2) is 22.5 Å². The van der Waals surface area contributed by atoms with E-state index in [1.165, 1.54) is 5.57 Å². The van der Waals surface area contributed by atoms with Gasteiger partial charge in [-0.3, -0.25) is 0 Å². The zero-order valence-corrected chi connectivity index (χ0v) is 12.1. The molecule has 2 rings (SSSR count). The summed E-state index contributed by atoms with van der Waals surface area (Å²) in [4.78, 5) is 4.60. The van der Waals surface area contributed by atoms with Gasteiger partial charge in [-0.05, 0) is 37.1 Å². The summed E-state index contributed by atoms with van der Waals surface area (Å²) in [6.45, 7) is 8.65. The maximum Gasteiger partial charge on any atom is 0.137 e. The average molecular weight is 257 g/mol. The Kier molecular flexibility index (Phi) is 4.74. The lowest BCUT2D eigenvalue weighted by molar-refractivity contribution is 0.569. The summed E-state index contributed by atoms with van der Waals surface area (Å²) < 4.78 is 2.06. The summed E-state index contributed by atoms with van der Waals surface area (Å²) in [5, 5.41) is 3.49. The number of hydrogen-bond acceptors (Lipinski definition) is 2. The molecule has 2 aromatic rings. The van der Waals surface area contributed by atoms with Crippen molar-refractivity contribution in [3.05, 3.63) is 41.9 Å². The van der Waals surface area contributed by atoms with E-state index < -0.39 is 0 Å². The quantitative estimate of drug-likeness (QED) is 0.859. The van der Waals surface area contributed by atoms with Crippen LogP contribution in [0.1, 0.15) is 32.9 Å². The van der Waals surface area contributed by atoms with Crippen LogP contribution in [0.25, 0.3) is 11.7 Å². The molecule has 0 aliphatic heterocycles. The molecule has 3 heteroatoms. The highest BCUT2D eigenvalue weighted by atomic mass is 15.0. The second kappa shape index (κ2) is 6.53.